The molecule has 1 aliphatic rings. The fraction of sp³-hybridized carbons (Fsp3) is 0.412. The number of fused-ring (bicyclic) bond motifs is 1. The van der Waals surface area contributed by atoms with Gasteiger partial charge in [-0.3, -0.25) is 4.90 Å². The van der Waals surface area contributed by atoms with Crippen LogP contribution in [-0.4, -0.2) is 35.8 Å². The minimum atomic E-state index is -0.421. The van der Waals surface area contributed by atoms with Gasteiger partial charge in [0.2, 0.25) is 0 Å². The van der Waals surface area contributed by atoms with E-state index in [0.717, 1.165) is 19.5 Å². The van der Waals surface area contributed by atoms with E-state index >= 15 is 0 Å². The lowest BCUT2D eigenvalue weighted by Gasteiger charge is -2.30. The van der Waals surface area contributed by atoms with Gasteiger partial charge in [0, 0.05) is 24.5 Å². The molecule has 2 heterocycles. The molecule has 0 bridgehead atoms. The number of thiophene rings is 1. The molecule has 0 radical (unpaired) electrons. The first kappa shape index (κ1) is 14.7. The Bertz CT molecular complexity index is 556. The SMILES string of the molecule is O[C@@H](COCc1cccs1)CN1CCc2ccccc2C1. The van der Waals surface area contributed by atoms with Crippen molar-refractivity contribution in [2.45, 2.75) is 25.7 Å². The van der Waals surface area contributed by atoms with Crippen LogP contribution in [0.15, 0.2) is 41.8 Å². The highest BCUT2D eigenvalue weighted by atomic mass is 32.1. The number of hydrogen-bond acceptors (Lipinski definition) is 4. The highest BCUT2D eigenvalue weighted by Crippen LogP contribution is 2.18. The van der Waals surface area contributed by atoms with Gasteiger partial charge < -0.3 is 9.84 Å². The van der Waals surface area contributed by atoms with E-state index in [2.05, 4.69) is 35.2 Å². The second-order valence-electron chi connectivity index (χ2n) is 5.50. The Hall–Kier alpha value is -1.20. The molecule has 112 valence electrons. The van der Waals surface area contributed by atoms with Gasteiger partial charge in [-0.2, -0.15) is 0 Å². The highest BCUT2D eigenvalue weighted by Gasteiger charge is 2.18. The third-order valence-electron chi connectivity index (χ3n) is 3.81. The Kier molecular flexibility index (Phi) is 5.04. The summed E-state index contributed by atoms with van der Waals surface area (Å²) in [5.74, 6) is 0. The van der Waals surface area contributed by atoms with Crippen molar-refractivity contribution >= 4 is 11.3 Å². The summed E-state index contributed by atoms with van der Waals surface area (Å²) in [5.41, 5.74) is 2.83. The van der Waals surface area contributed by atoms with E-state index in [1.807, 2.05) is 11.4 Å². The smallest absolute Gasteiger partial charge is 0.0900 e. The molecule has 3 rings (SSSR count). The van der Waals surface area contributed by atoms with Crippen molar-refractivity contribution < 1.29 is 9.84 Å². The van der Waals surface area contributed by atoms with Crippen LogP contribution >= 0.6 is 11.3 Å². The summed E-state index contributed by atoms with van der Waals surface area (Å²) < 4.78 is 5.58. The molecule has 0 saturated heterocycles. The normalized spacial score (nSPS) is 16.6. The Balaban J connectivity index is 1.42. The molecular formula is C17H21NO2S. The topological polar surface area (TPSA) is 32.7 Å². The molecule has 4 heteroatoms. The lowest BCUT2D eigenvalue weighted by atomic mass is 10.00. The molecule has 0 unspecified atom stereocenters. The average molecular weight is 303 g/mol. The monoisotopic (exact) mass is 303 g/mol. The zero-order valence-corrected chi connectivity index (χ0v) is 12.9. The quantitative estimate of drug-likeness (QED) is 0.890. The third-order valence-corrected chi connectivity index (χ3v) is 4.66. The minimum Gasteiger partial charge on any atom is -0.389 e. The Labute approximate surface area is 129 Å². The van der Waals surface area contributed by atoms with Gasteiger partial charge in [-0.25, -0.2) is 0 Å². The lowest BCUT2D eigenvalue weighted by Crippen LogP contribution is -2.38. The van der Waals surface area contributed by atoms with Gasteiger partial charge in [-0.05, 0) is 29.0 Å². The largest absolute Gasteiger partial charge is 0.389 e. The van der Waals surface area contributed by atoms with Crippen LogP contribution in [0.5, 0.6) is 0 Å². The number of hydrogen-bond donors (Lipinski definition) is 1. The van der Waals surface area contributed by atoms with E-state index in [9.17, 15) is 5.11 Å². The maximum Gasteiger partial charge on any atom is 0.0900 e. The molecule has 21 heavy (non-hydrogen) atoms. The minimum absolute atomic E-state index is 0.399. The van der Waals surface area contributed by atoms with Crippen molar-refractivity contribution in [2.75, 3.05) is 19.7 Å². The first-order chi connectivity index (χ1) is 10.3. The van der Waals surface area contributed by atoms with Gasteiger partial charge in [-0.1, -0.05) is 30.3 Å². The second kappa shape index (κ2) is 7.18. The summed E-state index contributed by atoms with van der Waals surface area (Å²) in [6.45, 7) is 3.61. The summed E-state index contributed by atoms with van der Waals surface area (Å²) in [6.07, 6.45) is 0.647. The summed E-state index contributed by atoms with van der Waals surface area (Å²) in [7, 11) is 0. The van der Waals surface area contributed by atoms with Gasteiger partial charge in [0.05, 0.1) is 19.3 Å². The summed E-state index contributed by atoms with van der Waals surface area (Å²) >= 11 is 1.69. The zero-order valence-electron chi connectivity index (χ0n) is 12.1. The number of nitrogens with zero attached hydrogens (tertiary/aromatic N) is 1. The van der Waals surface area contributed by atoms with Gasteiger partial charge in [0.25, 0.3) is 0 Å². The van der Waals surface area contributed by atoms with Gasteiger partial charge in [0.15, 0.2) is 0 Å². The summed E-state index contributed by atoms with van der Waals surface area (Å²) in [4.78, 5) is 3.51. The molecule has 1 aromatic carbocycles. The van der Waals surface area contributed by atoms with E-state index in [4.69, 9.17) is 4.74 Å². The van der Waals surface area contributed by atoms with E-state index in [0.29, 0.717) is 19.8 Å². The molecule has 0 spiro atoms. The molecule has 1 aromatic heterocycles. The van der Waals surface area contributed by atoms with Crippen LogP contribution < -0.4 is 0 Å². The molecule has 0 fully saturated rings. The van der Waals surface area contributed by atoms with Crippen molar-refractivity contribution in [3.8, 4) is 0 Å². The molecule has 3 nitrogen and oxygen atoms in total. The second-order valence-corrected chi connectivity index (χ2v) is 6.53. The van der Waals surface area contributed by atoms with Gasteiger partial charge >= 0.3 is 0 Å². The van der Waals surface area contributed by atoms with Crippen molar-refractivity contribution in [3.05, 3.63) is 57.8 Å². The Morgan fingerprint density at radius 1 is 1.19 bits per heavy atom. The number of rotatable bonds is 6. The lowest BCUT2D eigenvalue weighted by molar-refractivity contribution is 0.00850. The molecule has 1 aliphatic heterocycles. The molecule has 2 aromatic rings. The van der Waals surface area contributed by atoms with Crippen LogP contribution in [0.1, 0.15) is 16.0 Å². The van der Waals surface area contributed by atoms with E-state index < -0.39 is 6.10 Å². The number of aliphatic hydroxyl groups is 1. The maximum absolute atomic E-state index is 10.1. The first-order valence-corrected chi connectivity index (χ1v) is 8.26. The van der Waals surface area contributed by atoms with Crippen molar-refractivity contribution in [1.82, 2.24) is 4.90 Å². The van der Waals surface area contributed by atoms with Crippen molar-refractivity contribution in [1.29, 1.82) is 0 Å². The number of β-amino-alcohol motifs (C(OH)–C–C–N with tert-alkyl or cyclic N) is 1. The van der Waals surface area contributed by atoms with E-state index in [1.165, 1.54) is 16.0 Å². The molecule has 0 amide bonds. The van der Waals surface area contributed by atoms with E-state index in [-0.39, 0.29) is 0 Å². The predicted molar refractivity (Wildman–Crippen MR) is 85.4 cm³/mol. The highest BCUT2D eigenvalue weighted by molar-refractivity contribution is 7.09. The zero-order chi connectivity index (χ0) is 14.5. The standard InChI is InChI=1S/C17H21NO2S/c19-16(12-20-13-17-6-3-9-21-17)11-18-8-7-14-4-1-2-5-15(14)10-18/h1-6,9,16,19H,7-8,10-13H2/t16-/m1/s1. The Morgan fingerprint density at radius 2 is 2.05 bits per heavy atom. The van der Waals surface area contributed by atoms with Crippen LogP contribution in [0.3, 0.4) is 0 Å². The molecular weight excluding hydrogens is 282 g/mol. The van der Waals surface area contributed by atoms with E-state index in [1.54, 1.807) is 11.3 Å². The average Bonchev–Trinajstić information content (AvgIpc) is 3.00. The van der Waals surface area contributed by atoms with Crippen LogP contribution in [0, 0.1) is 0 Å². The number of ether oxygens (including phenoxy) is 1. The fourth-order valence-corrected chi connectivity index (χ4v) is 3.39. The summed E-state index contributed by atoms with van der Waals surface area (Å²) in [5, 5.41) is 12.2. The molecule has 0 saturated carbocycles. The van der Waals surface area contributed by atoms with Crippen molar-refractivity contribution in [3.63, 3.8) is 0 Å². The number of benzene rings is 1. The Morgan fingerprint density at radius 3 is 2.86 bits per heavy atom. The number of aliphatic hydroxyl groups excluding tert-OH is 1. The van der Waals surface area contributed by atoms with Crippen LogP contribution in [0.25, 0.3) is 0 Å². The van der Waals surface area contributed by atoms with Crippen LogP contribution in [-0.2, 0) is 24.3 Å². The van der Waals surface area contributed by atoms with Crippen LogP contribution in [0.4, 0.5) is 0 Å². The molecule has 1 atom stereocenters. The fourth-order valence-electron chi connectivity index (χ4n) is 2.75. The molecule has 1 N–H and O–H groups in total. The maximum atomic E-state index is 10.1. The summed E-state index contributed by atoms with van der Waals surface area (Å²) in [6, 6.07) is 12.6. The van der Waals surface area contributed by atoms with Gasteiger partial charge in [-0.15, -0.1) is 11.3 Å². The van der Waals surface area contributed by atoms with Gasteiger partial charge in [0.1, 0.15) is 0 Å². The van der Waals surface area contributed by atoms with Crippen LogP contribution in [0.2, 0.25) is 0 Å². The molecule has 0 aliphatic carbocycles. The first-order valence-electron chi connectivity index (χ1n) is 7.38. The third kappa shape index (κ3) is 4.14. The predicted octanol–water partition coefficient (Wildman–Crippen LogP) is 2.68. The van der Waals surface area contributed by atoms with Crippen molar-refractivity contribution in [2.24, 2.45) is 0 Å².